The van der Waals surface area contributed by atoms with Crippen molar-refractivity contribution in [2.45, 2.75) is 45.2 Å². The van der Waals surface area contributed by atoms with Gasteiger partial charge in [-0.05, 0) is 47.2 Å². The van der Waals surface area contributed by atoms with Crippen LogP contribution >= 0.6 is 0 Å². The molecule has 1 fully saturated rings. The number of nitrogens with zero attached hydrogens (tertiary/aromatic N) is 4. The Hall–Kier alpha value is -1.63. The Kier molecular flexibility index (Phi) is 3.99. The lowest BCUT2D eigenvalue weighted by atomic mass is 9.75. The van der Waals surface area contributed by atoms with Gasteiger partial charge in [0, 0.05) is 18.6 Å². The van der Waals surface area contributed by atoms with E-state index < -0.39 is 0 Å². The molecule has 7 nitrogen and oxygen atoms in total. The zero-order chi connectivity index (χ0) is 14.9. The summed E-state index contributed by atoms with van der Waals surface area (Å²) in [7, 11) is 4.13. The van der Waals surface area contributed by atoms with Crippen molar-refractivity contribution >= 4 is 11.5 Å². The molecule has 1 aromatic rings. The minimum absolute atomic E-state index is 0.0973. The van der Waals surface area contributed by atoms with Gasteiger partial charge in [-0.25, -0.2) is 4.68 Å². The van der Waals surface area contributed by atoms with Gasteiger partial charge in [-0.1, -0.05) is 0 Å². The maximum atomic E-state index is 11.2. The van der Waals surface area contributed by atoms with Crippen LogP contribution in [-0.2, 0) is 6.54 Å². The molecule has 0 spiro atoms. The maximum Gasteiger partial charge on any atom is 0.333 e. The second-order valence-corrected chi connectivity index (χ2v) is 5.68. The molecule has 1 aliphatic carbocycles. The molecule has 0 bridgehead atoms. The predicted molar refractivity (Wildman–Crippen MR) is 78.1 cm³/mol. The number of rotatable bonds is 6. The van der Waals surface area contributed by atoms with Crippen molar-refractivity contribution in [2.24, 2.45) is 0 Å². The third-order valence-corrected chi connectivity index (χ3v) is 4.40. The summed E-state index contributed by atoms with van der Waals surface area (Å²) in [5, 5.41) is 18.7. The molecule has 0 aliphatic heterocycles. The Morgan fingerprint density at radius 3 is 2.55 bits per heavy atom. The average molecular weight is 281 g/mol. The van der Waals surface area contributed by atoms with Crippen LogP contribution in [0.25, 0.3) is 0 Å². The lowest BCUT2D eigenvalue weighted by Crippen LogP contribution is -2.54. The highest BCUT2D eigenvalue weighted by atomic mass is 16.6. The summed E-state index contributed by atoms with van der Waals surface area (Å²) in [6.45, 7) is 4.95. The first-order chi connectivity index (χ1) is 9.41. The molecular weight excluding hydrogens is 258 g/mol. The van der Waals surface area contributed by atoms with Gasteiger partial charge in [0.15, 0.2) is 0 Å². The minimum Gasteiger partial charge on any atom is -0.363 e. The lowest BCUT2D eigenvalue weighted by molar-refractivity contribution is -0.384. The normalized spacial score (nSPS) is 17.1. The van der Waals surface area contributed by atoms with Crippen molar-refractivity contribution in [3.05, 3.63) is 15.8 Å². The zero-order valence-corrected chi connectivity index (χ0v) is 12.6. The zero-order valence-electron chi connectivity index (χ0n) is 12.6. The first-order valence-corrected chi connectivity index (χ1v) is 7.04. The third-order valence-electron chi connectivity index (χ3n) is 4.40. The largest absolute Gasteiger partial charge is 0.363 e. The van der Waals surface area contributed by atoms with Crippen LogP contribution in [0.3, 0.4) is 0 Å². The van der Waals surface area contributed by atoms with Gasteiger partial charge in [-0.15, -0.1) is 0 Å². The fourth-order valence-electron chi connectivity index (χ4n) is 2.81. The Morgan fingerprint density at radius 1 is 1.50 bits per heavy atom. The predicted octanol–water partition coefficient (Wildman–Crippen LogP) is 2.02. The molecule has 0 unspecified atom stereocenters. The molecule has 2 rings (SSSR count). The molecule has 1 aromatic heterocycles. The minimum atomic E-state index is -0.347. The van der Waals surface area contributed by atoms with E-state index in [0.717, 1.165) is 12.8 Å². The molecule has 0 atom stereocenters. The van der Waals surface area contributed by atoms with E-state index in [4.69, 9.17) is 0 Å². The number of aromatic nitrogens is 2. The maximum absolute atomic E-state index is 11.2. The fraction of sp³-hybridized carbons (Fsp3) is 0.769. The van der Waals surface area contributed by atoms with E-state index in [9.17, 15) is 10.1 Å². The van der Waals surface area contributed by atoms with Crippen LogP contribution in [0.2, 0.25) is 0 Å². The Labute approximate surface area is 119 Å². The second-order valence-electron chi connectivity index (χ2n) is 5.68. The van der Waals surface area contributed by atoms with Crippen LogP contribution in [-0.4, -0.2) is 45.8 Å². The van der Waals surface area contributed by atoms with Crippen LogP contribution in [0.5, 0.6) is 0 Å². The number of aryl methyl sites for hydroxylation is 2. The molecular formula is C13H23N5O2. The summed E-state index contributed by atoms with van der Waals surface area (Å²) < 4.78 is 1.68. The molecule has 1 heterocycles. The van der Waals surface area contributed by atoms with Crippen LogP contribution in [0.1, 0.15) is 31.9 Å². The fourth-order valence-corrected chi connectivity index (χ4v) is 2.81. The summed E-state index contributed by atoms with van der Waals surface area (Å²) >= 11 is 0. The van der Waals surface area contributed by atoms with Crippen molar-refractivity contribution in [2.75, 3.05) is 26.0 Å². The summed E-state index contributed by atoms with van der Waals surface area (Å²) in [4.78, 5) is 13.1. The molecule has 0 radical (unpaired) electrons. The van der Waals surface area contributed by atoms with E-state index in [1.54, 1.807) is 11.6 Å². The summed E-state index contributed by atoms with van der Waals surface area (Å²) in [5.41, 5.74) is 0.678. The van der Waals surface area contributed by atoms with E-state index >= 15 is 0 Å². The van der Waals surface area contributed by atoms with Crippen molar-refractivity contribution in [1.82, 2.24) is 14.7 Å². The quantitative estimate of drug-likeness (QED) is 0.637. The van der Waals surface area contributed by atoms with Gasteiger partial charge < -0.3 is 10.2 Å². The van der Waals surface area contributed by atoms with Crippen molar-refractivity contribution in [3.8, 4) is 0 Å². The second kappa shape index (κ2) is 5.40. The Morgan fingerprint density at radius 2 is 2.15 bits per heavy atom. The molecule has 0 saturated heterocycles. The van der Waals surface area contributed by atoms with E-state index in [-0.39, 0.29) is 16.1 Å². The summed E-state index contributed by atoms with van der Waals surface area (Å²) in [6, 6.07) is 0. The van der Waals surface area contributed by atoms with Crippen LogP contribution < -0.4 is 5.32 Å². The number of nitrogens with one attached hydrogen (secondary N) is 1. The van der Waals surface area contributed by atoms with Crippen LogP contribution in [0, 0.1) is 17.0 Å². The van der Waals surface area contributed by atoms with Crippen LogP contribution in [0.4, 0.5) is 11.5 Å². The molecule has 7 heteroatoms. The smallest absolute Gasteiger partial charge is 0.333 e. The topological polar surface area (TPSA) is 76.2 Å². The summed E-state index contributed by atoms with van der Waals surface area (Å²) in [6.07, 6.45) is 3.47. The first kappa shape index (κ1) is 14.8. The third kappa shape index (κ3) is 2.37. The molecule has 0 aromatic carbocycles. The highest BCUT2D eigenvalue weighted by molar-refractivity contribution is 5.59. The average Bonchev–Trinajstić information content (AvgIpc) is 2.63. The molecule has 1 aliphatic rings. The molecule has 1 N–H and O–H groups in total. The monoisotopic (exact) mass is 281 g/mol. The number of nitro groups is 1. The Bertz CT molecular complexity index is 505. The number of likely N-dealkylation sites (N-methyl/N-ethyl adjacent to an activating group) is 1. The standard InChI is InChI=1S/C13H23N5O2/c1-5-17-12(11(18(19)20)10(2)15-17)14-9-13(16(3)4)7-6-8-13/h14H,5-9H2,1-4H3. The van der Waals surface area contributed by atoms with Gasteiger partial charge in [0.2, 0.25) is 5.82 Å². The van der Waals surface area contributed by atoms with E-state index in [1.807, 2.05) is 6.92 Å². The first-order valence-electron chi connectivity index (χ1n) is 7.04. The van der Waals surface area contributed by atoms with Gasteiger partial charge in [0.05, 0.1) is 4.92 Å². The number of anilines is 1. The molecule has 112 valence electrons. The molecule has 0 amide bonds. The van der Waals surface area contributed by atoms with Gasteiger partial charge in [0.25, 0.3) is 0 Å². The van der Waals surface area contributed by atoms with Gasteiger partial charge in [0.1, 0.15) is 5.69 Å². The SMILES string of the molecule is CCn1nc(C)c([N+](=O)[O-])c1NCC1(N(C)C)CCC1. The molecule has 20 heavy (non-hydrogen) atoms. The number of hydrogen-bond acceptors (Lipinski definition) is 5. The lowest BCUT2D eigenvalue weighted by Gasteiger charge is -2.47. The van der Waals surface area contributed by atoms with Crippen LogP contribution in [0.15, 0.2) is 0 Å². The highest BCUT2D eigenvalue weighted by Crippen LogP contribution is 2.37. The highest BCUT2D eigenvalue weighted by Gasteiger charge is 2.39. The van der Waals surface area contributed by atoms with Crippen molar-refractivity contribution < 1.29 is 4.92 Å². The van der Waals surface area contributed by atoms with E-state index in [0.29, 0.717) is 24.6 Å². The number of hydrogen-bond donors (Lipinski definition) is 1. The Balaban J connectivity index is 2.22. The van der Waals surface area contributed by atoms with Crippen molar-refractivity contribution in [3.63, 3.8) is 0 Å². The summed E-state index contributed by atoms with van der Waals surface area (Å²) in [5.74, 6) is 0.531. The van der Waals surface area contributed by atoms with Gasteiger partial charge >= 0.3 is 5.69 Å². The van der Waals surface area contributed by atoms with Gasteiger partial charge in [-0.3, -0.25) is 10.1 Å². The van der Waals surface area contributed by atoms with Gasteiger partial charge in [-0.2, -0.15) is 5.10 Å². The van der Waals surface area contributed by atoms with E-state index in [1.165, 1.54) is 6.42 Å². The van der Waals surface area contributed by atoms with Crippen molar-refractivity contribution in [1.29, 1.82) is 0 Å². The van der Waals surface area contributed by atoms with E-state index in [2.05, 4.69) is 29.4 Å². The molecule has 1 saturated carbocycles.